The van der Waals surface area contributed by atoms with E-state index < -0.39 is 0 Å². The van der Waals surface area contributed by atoms with Crippen LogP contribution in [0.4, 0.5) is 20.6 Å². The largest absolute Gasteiger partial charge is 0.459 e. The minimum Gasteiger partial charge on any atom is -0.459 e. The summed E-state index contributed by atoms with van der Waals surface area (Å²) in [5.41, 5.74) is 0.912. The molecule has 0 unspecified atom stereocenters. The molecular weight excluding hydrogens is 379 g/mol. The van der Waals surface area contributed by atoms with Crippen LogP contribution in [0.5, 0.6) is 0 Å². The Morgan fingerprint density at radius 2 is 1.69 bits per heavy atom. The second kappa shape index (κ2) is 8.52. The molecule has 29 heavy (non-hydrogen) atoms. The molecule has 2 aliphatic heterocycles. The molecule has 154 valence electrons. The van der Waals surface area contributed by atoms with Gasteiger partial charge in [0.15, 0.2) is 5.76 Å². The van der Waals surface area contributed by atoms with Gasteiger partial charge in [0.2, 0.25) is 0 Å². The number of anilines is 2. The van der Waals surface area contributed by atoms with Gasteiger partial charge in [-0.1, -0.05) is 0 Å². The van der Waals surface area contributed by atoms with Crippen LogP contribution in [-0.2, 0) is 4.74 Å². The molecule has 4 rings (SSSR count). The molecule has 8 nitrogen and oxygen atoms in total. The Balaban J connectivity index is 1.32. The smallest absolute Gasteiger partial charge is 0.321 e. The fourth-order valence-corrected chi connectivity index (χ4v) is 3.52. The maximum atomic E-state index is 14.5. The average molecular weight is 402 g/mol. The number of hydrogen-bond acceptors (Lipinski definition) is 5. The molecular formula is C20H23FN4O4. The van der Waals surface area contributed by atoms with Gasteiger partial charge in [-0.3, -0.25) is 4.79 Å². The van der Waals surface area contributed by atoms with Crippen LogP contribution in [-0.4, -0.2) is 74.2 Å². The minimum absolute atomic E-state index is 0.184. The number of benzene rings is 1. The Morgan fingerprint density at radius 3 is 2.34 bits per heavy atom. The number of piperazine rings is 1. The molecule has 3 heterocycles. The molecule has 3 amide bonds. The molecule has 9 heteroatoms. The quantitative estimate of drug-likeness (QED) is 0.852. The predicted molar refractivity (Wildman–Crippen MR) is 105 cm³/mol. The third-order valence-corrected chi connectivity index (χ3v) is 5.14. The number of ether oxygens (including phenoxy) is 1. The first-order valence-corrected chi connectivity index (χ1v) is 9.63. The first kappa shape index (κ1) is 19.3. The molecule has 2 fully saturated rings. The van der Waals surface area contributed by atoms with Gasteiger partial charge in [0, 0.05) is 45.0 Å². The highest BCUT2D eigenvalue weighted by atomic mass is 19.1. The highest BCUT2D eigenvalue weighted by molar-refractivity contribution is 5.92. The SMILES string of the molecule is O=C(Nc1ccc(N2CCOCC2)c(F)c1)N1CCN(C(=O)c2ccco2)CC1. The van der Waals surface area contributed by atoms with Crippen molar-refractivity contribution in [3.8, 4) is 0 Å². The van der Waals surface area contributed by atoms with Gasteiger partial charge >= 0.3 is 6.03 Å². The second-order valence-corrected chi connectivity index (χ2v) is 6.95. The van der Waals surface area contributed by atoms with Gasteiger partial charge in [0.25, 0.3) is 5.91 Å². The summed E-state index contributed by atoms with van der Waals surface area (Å²) < 4.78 is 24.9. The minimum atomic E-state index is -0.376. The van der Waals surface area contributed by atoms with E-state index in [4.69, 9.17) is 9.15 Å². The van der Waals surface area contributed by atoms with Gasteiger partial charge in [0.05, 0.1) is 25.2 Å². The lowest BCUT2D eigenvalue weighted by molar-refractivity contribution is 0.0640. The van der Waals surface area contributed by atoms with Crippen LogP contribution in [0.15, 0.2) is 41.0 Å². The molecule has 2 saturated heterocycles. The van der Waals surface area contributed by atoms with E-state index in [2.05, 4.69) is 5.32 Å². The number of nitrogens with zero attached hydrogens (tertiary/aromatic N) is 3. The average Bonchev–Trinajstić information content (AvgIpc) is 3.29. The number of hydrogen-bond donors (Lipinski definition) is 1. The molecule has 1 aromatic carbocycles. The van der Waals surface area contributed by atoms with Crippen LogP contribution in [0.1, 0.15) is 10.6 Å². The van der Waals surface area contributed by atoms with E-state index in [0.717, 1.165) is 0 Å². The van der Waals surface area contributed by atoms with E-state index in [1.165, 1.54) is 12.3 Å². The number of carbonyl (C=O) groups is 2. The van der Waals surface area contributed by atoms with E-state index >= 15 is 0 Å². The zero-order chi connectivity index (χ0) is 20.2. The van der Waals surface area contributed by atoms with E-state index in [0.29, 0.717) is 69.6 Å². The molecule has 0 radical (unpaired) electrons. The lowest BCUT2D eigenvalue weighted by Crippen LogP contribution is -2.51. The Kier molecular flexibility index (Phi) is 5.66. The number of urea groups is 1. The van der Waals surface area contributed by atoms with Crippen molar-refractivity contribution in [2.45, 2.75) is 0 Å². The molecule has 1 aromatic heterocycles. The summed E-state index contributed by atoms with van der Waals surface area (Å²) in [6.07, 6.45) is 1.46. The zero-order valence-electron chi connectivity index (χ0n) is 16.0. The lowest BCUT2D eigenvalue weighted by atomic mass is 10.2. The van der Waals surface area contributed by atoms with Crippen LogP contribution in [0.3, 0.4) is 0 Å². The second-order valence-electron chi connectivity index (χ2n) is 6.95. The van der Waals surface area contributed by atoms with Crippen LogP contribution in [0, 0.1) is 5.82 Å². The van der Waals surface area contributed by atoms with Gasteiger partial charge in [-0.25, -0.2) is 9.18 Å². The van der Waals surface area contributed by atoms with E-state index in [1.54, 1.807) is 34.1 Å². The van der Waals surface area contributed by atoms with E-state index in [-0.39, 0.29) is 17.8 Å². The number of furan rings is 1. The number of halogens is 1. The lowest BCUT2D eigenvalue weighted by Gasteiger charge is -2.34. The highest BCUT2D eigenvalue weighted by Gasteiger charge is 2.26. The maximum absolute atomic E-state index is 14.5. The molecule has 2 aromatic rings. The van der Waals surface area contributed by atoms with Crippen molar-refractivity contribution in [1.29, 1.82) is 0 Å². The summed E-state index contributed by atoms with van der Waals surface area (Å²) in [6.45, 7) is 4.06. The maximum Gasteiger partial charge on any atom is 0.321 e. The summed E-state index contributed by atoms with van der Waals surface area (Å²) in [6, 6.07) is 7.68. The molecule has 0 spiro atoms. The van der Waals surface area contributed by atoms with E-state index in [9.17, 15) is 14.0 Å². The van der Waals surface area contributed by atoms with Crippen molar-refractivity contribution in [3.05, 3.63) is 48.2 Å². The van der Waals surface area contributed by atoms with Crippen LogP contribution in [0.2, 0.25) is 0 Å². The molecule has 2 aliphatic rings. The number of nitrogens with one attached hydrogen (secondary N) is 1. The van der Waals surface area contributed by atoms with Crippen LogP contribution >= 0.6 is 0 Å². The van der Waals surface area contributed by atoms with Crippen molar-refractivity contribution < 1.29 is 23.1 Å². The Bertz CT molecular complexity index is 859. The van der Waals surface area contributed by atoms with Crippen molar-refractivity contribution >= 4 is 23.3 Å². The number of carbonyl (C=O) groups excluding carboxylic acids is 2. The van der Waals surface area contributed by atoms with Crippen LogP contribution < -0.4 is 10.2 Å². The fourth-order valence-electron chi connectivity index (χ4n) is 3.52. The topological polar surface area (TPSA) is 78.3 Å². The predicted octanol–water partition coefficient (Wildman–Crippen LogP) is 2.25. The summed E-state index contributed by atoms with van der Waals surface area (Å²) in [7, 11) is 0. The third-order valence-electron chi connectivity index (χ3n) is 5.14. The molecule has 0 saturated carbocycles. The number of amides is 3. The normalized spacial score (nSPS) is 17.3. The fraction of sp³-hybridized carbons (Fsp3) is 0.400. The monoisotopic (exact) mass is 402 g/mol. The van der Waals surface area contributed by atoms with Gasteiger partial charge in [-0.05, 0) is 30.3 Å². The van der Waals surface area contributed by atoms with Crippen molar-refractivity contribution in [1.82, 2.24) is 9.80 Å². The highest BCUT2D eigenvalue weighted by Crippen LogP contribution is 2.24. The summed E-state index contributed by atoms with van der Waals surface area (Å²) >= 11 is 0. The number of rotatable bonds is 3. The van der Waals surface area contributed by atoms with Gasteiger partial charge < -0.3 is 29.2 Å². The Hall–Kier alpha value is -3.07. The van der Waals surface area contributed by atoms with Crippen molar-refractivity contribution in [2.24, 2.45) is 0 Å². The standard InChI is InChI=1S/C20H23FN4O4/c21-16-14-15(3-4-17(16)23-9-12-28-13-10-23)22-20(27)25-7-5-24(6-8-25)19(26)18-2-1-11-29-18/h1-4,11,14H,5-10,12-13H2,(H,22,27). The van der Waals surface area contributed by atoms with E-state index in [1.807, 2.05) is 4.90 Å². The summed E-state index contributed by atoms with van der Waals surface area (Å²) in [5.74, 6) is -0.270. The molecule has 1 N–H and O–H groups in total. The number of morpholine rings is 1. The van der Waals surface area contributed by atoms with Gasteiger partial charge in [-0.2, -0.15) is 0 Å². The molecule has 0 atom stereocenters. The van der Waals surface area contributed by atoms with Gasteiger partial charge in [-0.15, -0.1) is 0 Å². The zero-order valence-corrected chi connectivity index (χ0v) is 16.0. The molecule has 0 aliphatic carbocycles. The Morgan fingerprint density at radius 1 is 0.966 bits per heavy atom. The first-order chi connectivity index (χ1) is 14.1. The summed E-state index contributed by atoms with van der Waals surface area (Å²) in [4.78, 5) is 30.0. The Labute approximate surface area is 167 Å². The summed E-state index contributed by atoms with van der Waals surface area (Å²) in [5, 5.41) is 2.74. The van der Waals surface area contributed by atoms with Crippen molar-refractivity contribution in [3.63, 3.8) is 0 Å². The first-order valence-electron chi connectivity index (χ1n) is 9.63. The molecule has 0 bridgehead atoms. The van der Waals surface area contributed by atoms with Gasteiger partial charge in [0.1, 0.15) is 5.82 Å². The third kappa shape index (κ3) is 4.34. The van der Waals surface area contributed by atoms with Crippen molar-refractivity contribution in [2.75, 3.05) is 62.7 Å². The van der Waals surface area contributed by atoms with Crippen LogP contribution in [0.25, 0.3) is 0 Å².